The van der Waals surface area contributed by atoms with Gasteiger partial charge in [-0.3, -0.25) is 10.1 Å². The number of sulfonamides is 1. The minimum Gasteiger partial charge on any atom is -0.393 e. The van der Waals surface area contributed by atoms with Crippen LogP contribution < -0.4 is 10.5 Å². The third-order valence-electron chi connectivity index (χ3n) is 3.05. The van der Waals surface area contributed by atoms with Crippen LogP contribution in [0.15, 0.2) is 23.1 Å². The second-order valence-electron chi connectivity index (χ2n) is 4.61. The maximum atomic E-state index is 11.9. The Hall–Kier alpha value is -1.67. The van der Waals surface area contributed by atoms with E-state index in [1.54, 1.807) is 0 Å². The molecule has 0 amide bonds. The number of nitro benzene ring substituents is 1. The van der Waals surface area contributed by atoms with Crippen molar-refractivity contribution in [3.63, 3.8) is 0 Å². The smallest absolute Gasteiger partial charge is 0.293 e. The van der Waals surface area contributed by atoms with E-state index < -0.39 is 20.6 Å². The van der Waals surface area contributed by atoms with Crippen LogP contribution in [0.3, 0.4) is 0 Å². The molecule has 1 saturated carbocycles. The van der Waals surface area contributed by atoms with Gasteiger partial charge >= 0.3 is 0 Å². The molecule has 0 unspecified atom stereocenters. The van der Waals surface area contributed by atoms with Gasteiger partial charge in [0, 0.05) is 12.6 Å². The van der Waals surface area contributed by atoms with E-state index in [1.807, 2.05) is 0 Å². The van der Waals surface area contributed by atoms with E-state index in [-0.39, 0.29) is 10.6 Å². The highest BCUT2D eigenvalue weighted by atomic mass is 32.2. The van der Waals surface area contributed by atoms with Crippen molar-refractivity contribution < 1.29 is 13.3 Å². The number of benzene rings is 1. The van der Waals surface area contributed by atoms with Gasteiger partial charge in [-0.05, 0) is 24.5 Å². The summed E-state index contributed by atoms with van der Waals surface area (Å²) in [5.41, 5.74) is 4.97. The summed E-state index contributed by atoms with van der Waals surface area (Å²) in [6, 6.07) is 3.48. The summed E-state index contributed by atoms with van der Waals surface area (Å²) in [7, 11) is -3.71. The Balaban J connectivity index is 2.14. The summed E-state index contributed by atoms with van der Waals surface area (Å²) in [5, 5.41) is 10.7. The van der Waals surface area contributed by atoms with E-state index in [0.717, 1.165) is 25.3 Å². The number of nitrogen functional groups attached to an aromatic ring is 1. The van der Waals surface area contributed by atoms with E-state index in [9.17, 15) is 18.5 Å². The largest absolute Gasteiger partial charge is 0.393 e. The van der Waals surface area contributed by atoms with Crippen molar-refractivity contribution in [3.8, 4) is 0 Å². The molecule has 0 radical (unpaired) electrons. The highest BCUT2D eigenvalue weighted by Gasteiger charge is 2.23. The number of anilines is 1. The Morgan fingerprint density at radius 1 is 1.42 bits per heavy atom. The summed E-state index contributed by atoms with van der Waals surface area (Å²) >= 11 is 0. The van der Waals surface area contributed by atoms with Crippen molar-refractivity contribution in [2.45, 2.75) is 24.2 Å². The summed E-state index contributed by atoms with van der Waals surface area (Å²) in [4.78, 5) is 9.89. The first-order chi connectivity index (χ1) is 8.90. The molecule has 2 rings (SSSR count). The first-order valence-corrected chi connectivity index (χ1v) is 7.42. The number of nitro groups is 1. The molecule has 0 atom stereocenters. The van der Waals surface area contributed by atoms with E-state index in [4.69, 9.17) is 5.73 Å². The molecule has 0 spiro atoms. The lowest BCUT2D eigenvalue weighted by Crippen LogP contribution is -2.25. The van der Waals surface area contributed by atoms with Crippen molar-refractivity contribution in [2.24, 2.45) is 5.92 Å². The predicted octanol–water partition coefficient (Wildman–Crippen LogP) is 1.26. The molecule has 1 aliphatic carbocycles. The van der Waals surface area contributed by atoms with Crippen molar-refractivity contribution in [3.05, 3.63) is 28.3 Å². The molecular weight excluding hydrogens is 270 g/mol. The molecule has 0 heterocycles. The summed E-state index contributed by atoms with van der Waals surface area (Å²) < 4.78 is 26.3. The second kappa shape index (κ2) is 5.14. The van der Waals surface area contributed by atoms with Crippen LogP contribution >= 0.6 is 0 Å². The molecule has 0 saturated heterocycles. The normalized spacial score (nSPS) is 15.4. The van der Waals surface area contributed by atoms with Gasteiger partial charge in [0.1, 0.15) is 5.69 Å². The maximum Gasteiger partial charge on any atom is 0.293 e. The molecule has 1 aromatic carbocycles. The fourth-order valence-electron chi connectivity index (χ4n) is 1.74. The number of hydrogen-bond acceptors (Lipinski definition) is 5. The van der Waals surface area contributed by atoms with Crippen LogP contribution in [-0.2, 0) is 10.0 Å². The molecule has 0 bridgehead atoms. The second-order valence-corrected chi connectivity index (χ2v) is 6.37. The highest BCUT2D eigenvalue weighted by molar-refractivity contribution is 7.89. The average molecular weight is 285 g/mol. The number of hydrogen-bond donors (Lipinski definition) is 2. The lowest BCUT2D eigenvalue weighted by molar-refractivity contribution is -0.384. The zero-order chi connectivity index (χ0) is 14.0. The summed E-state index contributed by atoms with van der Waals surface area (Å²) in [6.07, 6.45) is 3.10. The number of nitrogens with two attached hydrogens (primary N) is 1. The molecular formula is C11H15N3O4S. The van der Waals surface area contributed by atoms with Crippen LogP contribution in [0.4, 0.5) is 11.4 Å². The van der Waals surface area contributed by atoms with Crippen LogP contribution in [0.5, 0.6) is 0 Å². The zero-order valence-corrected chi connectivity index (χ0v) is 11.0. The molecule has 1 aromatic rings. The fraction of sp³-hybridized carbons (Fsp3) is 0.455. The van der Waals surface area contributed by atoms with Crippen LogP contribution in [-0.4, -0.2) is 19.9 Å². The average Bonchev–Trinajstić information content (AvgIpc) is 3.12. The lowest BCUT2D eigenvalue weighted by Gasteiger charge is -2.07. The topological polar surface area (TPSA) is 115 Å². The zero-order valence-electron chi connectivity index (χ0n) is 10.2. The van der Waals surface area contributed by atoms with Gasteiger partial charge in [0.15, 0.2) is 0 Å². The van der Waals surface area contributed by atoms with E-state index in [2.05, 4.69) is 4.72 Å². The van der Waals surface area contributed by atoms with Crippen molar-refractivity contribution in [1.82, 2.24) is 4.72 Å². The minimum atomic E-state index is -3.71. The van der Waals surface area contributed by atoms with Gasteiger partial charge in [-0.2, -0.15) is 0 Å². The maximum absolute atomic E-state index is 11.9. The molecule has 104 valence electrons. The number of nitrogens with one attached hydrogen (secondary N) is 1. The van der Waals surface area contributed by atoms with Gasteiger partial charge in [-0.1, -0.05) is 12.8 Å². The first-order valence-electron chi connectivity index (χ1n) is 5.94. The van der Waals surface area contributed by atoms with Gasteiger partial charge in [0.25, 0.3) is 5.69 Å². The van der Waals surface area contributed by atoms with E-state index >= 15 is 0 Å². The first kappa shape index (κ1) is 13.8. The van der Waals surface area contributed by atoms with Crippen LogP contribution in [0.1, 0.15) is 19.3 Å². The molecule has 0 aromatic heterocycles. The quantitative estimate of drug-likeness (QED) is 0.463. The molecule has 3 N–H and O–H groups in total. The Labute approximate surface area is 111 Å². The third-order valence-corrected chi connectivity index (χ3v) is 4.51. The number of rotatable bonds is 6. The van der Waals surface area contributed by atoms with Crippen LogP contribution in [0.25, 0.3) is 0 Å². The summed E-state index contributed by atoms with van der Waals surface area (Å²) in [5.74, 6) is 0.614. The highest BCUT2D eigenvalue weighted by Crippen LogP contribution is 2.32. The predicted molar refractivity (Wildman–Crippen MR) is 70.0 cm³/mol. The lowest BCUT2D eigenvalue weighted by atomic mass is 10.3. The number of nitrogens with zero attached hydrogens (tertiary/aromatic N) is 1. The van der Waals surface area contributed by atoms with Gasteiger partial charge in [0.2, 0.25) is 10.0 Å². The monoisotopic (exact) mass is 285 g/mol. The molecule has 7 nitrogen and oxygen atoms in total. The Bertz CT molecular complexity index is 596. The van der Waals surface area contributed by atoms with Gasteiger partial charge < -0.3 is 5.73 Å². The molecule has 1 fully saturated rings. The minimum absolute atomic E-state index is 0.0538. The van der Waals surface area contributed by atoms with E-state index in [1.165, 1.54) is 12.1 Å². The molecule has 0 aliphatic heterocycles. The molecule has 19 heavy (non-hydrogen) atoms. The van der Waals surface area contributed by atoms with Gasteiger partial charge in [-0.15, -0.1) is 0 Å². The summed E-state index contributed by atoms with van der Waals surface area (Å²) in [6.45, 7) is 0.352. The standard InChI is InChI=1S/C11H15N3O4S/c12-10-4-3-9(7-11(10)14(15)16)19(17,18)13-6-5-8-1-2-8/h3-4,7-8,13H,1-2,5-6,12H2. The van der Waals surface area contributed by atoms with Crippen molar-refractivity contribution >= 4 is 21.4 Å². The van der Waals surface area contributed by atoms with Gasteiger partial charge in [-0.25, -0.2) is 13.1 Å². The van der Waals surface area contributed by atoms with Crippen LogP contribution in [0, 0.1) is 16.0 Å². The molecule has 8 heteroatoms. The van der Waals surface area contributed by atoms with Crippen LogP contribution in [0.2, 0.25) is 0 Å². The molecule has 1 aliphatic rings. The Morgan fingerprint density at radius 3 is 2.68 bits per heavy atom. The Morgan fingerprint density at radius 2 is 2.11 bits per heavy atom. The fourth-order valence-corrected chi connectivity index (χ4v) is 2.80. The van der Waals surface area contributed by atoms with E-state index in [0.29, 0.717) is 12.5 Å². The Kier molecular flexibility index (Phi) is 3.72. The SMILES string of the molecule is Nc1ccc(S(=O)(=O)NCCC2CC2)cc1[N+](=O)[O-]. The van der Waals surface area contributed by atoms with Crippen molar-refractivity contribution in [1.29, 1.82) is 0 Å². The third kappa shape index (κ3) is 3.42. The van der Waals surface area contributed by atoms with Gasteiger partial charge in [0.05, 0.1) is 9.82 Å². The van der Waals surface area contributed by atoms with Crippen molar-refractivity contribution in [2.75, 3.05) is 12.3 Å².